The number of hydrogen-bond donors (Lipinski definition) is 3. The van der Waals surface area contributed by atoms with Crippen molar-refractivity contribution < 1.29 is 13.2 Å². The number of carbonyl (C=O) groups is 1. The highest BCUT2D eigenvalue weighted by atomic mass is 32.2. The summed E-state index contributed by atoms with van der Waals surface area (Å²) in [7, 11) is -3.60. The van der Waals surface area contributed by atoms with Gasteiger partial charge in [-0.05, 0) is 58.9 Å². The molecule has 6 nitrogen and oxygen atoms in total. The molecule has 0 radical (unpaired) electrons. The summed E-state index contributed by atoms with van der Waals surface area (Å²) in [6.07, 6.45) is 0. The lowest BCUT2D eigenvalue weighted by Crippen LogP contribution is -2.45. The second-order valence-electron chi connectivity index (χ2n) is 7.05. The van der Waals surface area contributed by atoms with Crippen LogP contribution >= 0.6 is 0 Å². The third-order valence-corrected chi connectivity index (χ3v) is 4.35. The van der Waals surface area contributed by atoms with Crippen molar-refractivity contribution in [3.63, 3.8) is 0 Å². The van der Waals surface area contributed by atoms with Crippen LogP contribution in [0.1, 0.15) is 45.0 Å². The van der Waals surface area contributed by atoms with Crippen molar-refractivity contribution in [1.29, 1.82) is 0 Å². The molecule has 0 saturated heterocycles. The standard InChI is InChI=1S/C15H25N3O3S/c1-14(2,3)18-22(20,21)12-8-6-11(7-9-12)13(19)17-10-15(4,5)16/h6-9,18H,10,16H2,1-5H3,(H,17,19). The predicted molar refractivity (Wildman–Crippen MR) is 87.1 cm³/mol. The second kappa shape index (κ2) is 6.36. The third kappa shape index (κ3) is 6.13. The van der Waals surface area contributed by atoms with Gasteiger partial charge in [-0.1, -0.05) is 0 Å². The Morgan fingerprint density at radius 1 is 1.09 bits per heavy atom. The van der Waals surface area contributed by atoms with Gasteiger partial charge in [0.05, 0.1) is 4.90 Å². The first-order chi connectivity index (χ1) is 9.80. The number of carbonyl (C=O) groups excluding carboxylic acids is 1. The fourth-order valence-corrected chi connectivity index (χ4v) is 3.08. The summed E-state index contributed by atoms with van der Waals surface area (Å²) in [6, 6.07) is 5.79. The molecular formula is C15H25N3O3S. The zero-order chi connectivity index (χ0) is 17.2. The van der Waals surface area contributed by atoms with Crippen LogP contribution in [0.2, 0.25) is 0 Å². The zero-order valence-electron chi connectivity index (χ0n) is 13.7. The van der Waals surface area contributed by atoms with Gasteiger partial charge in [0, 0.05) is 23.2 Å². The van der Waals surface area contributed by atoms with Crippen molar-refractivity contribution in [3.8, 4) is 0 Å². The van der Waals surface area contributed by atoms with Crippen LogP contribution in [0.25, 0.3) is 0 Å². The van der Waals surface area contributed by atoms with Crippen LogP contribution in [0, 0.1) is 0 Å². The van der Waals surface area contributed by atoms with Crippen LogP contribution in [-0.4, -0.2) is 31.9 Å². The first-order valence-electron chi connectivity index (χ1n) is 7.01. The summed E-state index contributed by atoms with van der Waals surface area (Å²) in [5.41, 5.74) is 5.12. The highest BCUT2D eigenvalue weighted by Crippen LogP contribution is 2.14. The number of amides is 1. The highest BCUT2D eigenvalue weighted by molar-refractivity contribution is 7.89. The average molecular weight is 327 g/mol. The average Bonchev–Trinajstić information content (AvgIpc) is 2.32. The van der Waals surface area contributed by atoms with Crippen LogP contribution in [-0.2, 0) is 10.0 Å². The van der Waals surface area contributed by atoms with E-state index >= 15 is 0 Å². The van der Waals surface area contributed by atoms with E-state index in [0.717, 1.165) is 0 Å². The number of rotatable bonds is 5. The van der Waals surface area contributed by atoms with E-state index in [0.29, 0.717) is 12.1 Å². The maximum atomic E-state index is 12.2. The van der Waals surface area contributed by atoms with E-state index in [9.17, 15) is 13.2 Å². The molecule has 0 heterocycles. The van der Waals surface area contributed by atoms with Gasteiger partial charge in [0.25, 0.3) is 5.91 Å². The summed E-state index contributed by atoms with van der Waals surface area (Å²) in [5.74, 6) is -0.286. The first-order valence-corrected chi connectivity index (χ1v) is 8.50. The van der Waals surface area contributed by atoms with E-state index in [4.69, 9.17) is 5.73 Å². The Labute approximate surface area is 132 Å². The molecular weight excluding hydrogens is 302 g/mol. The Hall–Kier alpha value is -1.44. The van der Waals surface area contributed by atoms with E-state index in [1.54, 1.807) is 34.6 Å². The molecule has 0 saturated carbocycles. The van der Waals surface area contributed by atoms with Gasteiger partial charge in [0.1, 0.15) is 0 Å². The molecule has 0 atom stereocenters. The molecule has 22 heavy (non-hydrogen) atoms. The Balaban J connectivity index is 2.85. The van der Waals surface area contributed by atoms with Crippen LogP contribution in [0.3, 0.4) is 0 Å². The van der Waals surface area contributed by atoms with Crippen LogP contribution in [0.5, 0.6) is 0 Å². The summed E-state index contributed by atoms with van der Waals surface area (Å²) in [6.45, 7) is 9.24. The largest absolute Gasteiger partial charge is 0.350 e. The van der Waals surface area contributed by atoms with E-state index in [2.05, 4.69) is 10.0 Å². The summed E-state index contributed by atoms with van der Waals surface area (Å²) in [5, 5.41) is 2.71. The van der Waals surface area contributed by atoms with Gasteiger partial charge in [-0.2, -0.15) is 0 Å². The second-order valence-corrected chi connectivity index (χ2v) is 8.73. The van der Waals surface area contributed by atoms with E-state index in [-0.39, 0.29) is 10.8 Å². The quantitative estimate of drug-likeness (QED) is 0.757. The van der Waals surface area contributed by atoms with Gasteiger partial charge in [-0.3, -0.25) is 4.79 Å². The lowest BCUT2D eigenvalue weighted by Gasteiger charge is -2.20. The lowest BCUT2D eigenvalue weighted by atomic mass is 10.1. The maximum absolute atomic E-state index is 12.2. The van der Waals surface area contributed by atoms with Crippen molar-refractivity contribution in [2.75, 3.05) is 6.54 Å². The predicted octanol–water partition coefficient (Wildman–Crippen LogP) is 1.23. The fraction of sp³-hybridized carbons (Fsp3) is 0.533. The topological polar surface area (TPSA) is 101 Å². The van der Waals surface area contributed by atoms with E-state index < -0.39 is 21.1 Å². The molecule has 1 aromatic carbocycles. The number of nitrogens with one attached hydrogen (secondary N) is 2. The normalized spacial score (nSPS) is 13.0. The monoisotopic (exact) mass is 327 g/mol. The Morgan fingerprint density at radius 3 is 2.00 bits per heavy atom. The van der Waals surface area contributed by atoms with Gasteiger partial charge in [0.2, 0.25) is 10.0 Å². The number of hydrogen-bond acceptors (Lipinski definition) is 4. The molecule has 4 N–H and O–H groups in total. The summed E-state index contributed by atoms with van der Waals surface area (Å²) < 4.78 is 26.9. The summed E-state index contributed by atoms with van der Waals surface area (Å²) >= 11 is 0. The molecule has 0 aromatic heterocycles. The Kier molecular flexibility index (Phi) is 5.38. The number of sulfonamides is 1. The van der Waals surface area contributed by atoms with Gasteiger partial charge in [-0.25, -0.2) is 13.1 Å². The van der Waals surface area contributed by atoms with Gasteiger partial charge >= 0.3 is 0 Å². The van der Waals surface area contributed by atoms with Crippen LogP contribution < -0.4 is 15.8 Å². The van der Waals surface area contributed by atoms with Gasteiger partial charge in [-0.15, -0.1) is 0 Å². The van der Waals surface area contributed by atoms with E-state index in [1.165, 1.54) is 24.3 Å². The fourth-order valence-electron chi connectivity index (χ4n) is 1.66. The molecule has 0 spiro atoms. The molecule has 0 fully saturated rings. The highest BCUT2D eigenvalue weighted by Gasteiger charge is 2.22. The molecule has 0 unspecified atom stereocenters. The molecule has 7 heteroatoms. The molecule has 1 amide bonds. The molecule has 1 aromatic rings. The minimum absolute atomic E-state index is 0.123. The van der Waals surface area contributed by atoms with Crippen LogP contribution in [0.15, 0.2) is 29.2 Å². The van der Waals surface area contributed by atoms with E-state index in [1.807, 2.05) is 0 Å². The van der Waals surface area contributed by atoms with Crippen molar-refractivity contribution >= 4 is 15.9 Å². The van der Waals surface area contributed by atoms with Crippen molar-refractivity contribution in [2.45, 2.75) is 50.6 Å². The Morgan fingerprint density at radius 2 is 1.59 bits per heavy atom. The molecule has 0 aliphatic carbocycles. The molecule has 0 aliphatic rings. The molecule has 0 aliphatic heterocycles. The van der Waals surface area contributed by atoms with Crippen molar-refractivity contribution in [2.24, 2.45) is 5.73 Å². The smallest absolute Gasteiger partial charge is 0.251 e. The molecule has 0 bridgehead atoms. The zero-order valence-corrected chi connectivity index (χ0v) is 14.5. The van der Waals surface area contributed by atoms with Crippen molar-refractivity contribution in [1.82, 2.24) is 10.0 Å². The molecule has 124 valence electrons. The Bertz CT molecular complexity index is 623. The third-order valence-electron chi connectivity index (χ3n) is 2.57. The lowest BCUT2D eigenvalue weighted by molar-refractivity contribution is 0.0946. The van der Waals surface area contributed by atoms with Gasteiger partial charge in [0.15, 0.2) is 0 Å². The minimum Gasteiger partial charge on any atom is -0.350 e. The SMILES string of the molecule is CC(C)(N)CNC(=O)c1ccc(S(=O)(=O)NC(C)(C)C)cc1. The first kappa shape index (κ1) is 18.6. The van der Waals surface area contributed by atoms with Crippen molar-refractivity contribution in [3.05, 3.63) is 29.8 Å². The maximum Gasteiger partial charge on any atom is 0.251 e. The number of nitrogens with two attached hydrogens (primary N) is 1. The summed E-state index contributed by atoms with van der Waals surface area (Å²) in [4.78, 5) is 12.1. The number of benzene rings is 1. The minimum atomic E-state index is -3.60. The molecule has 1 rings (SSSR count). The van der Waals surface area contributed by atoms with Crippen LogP contribution in [0.4, 0.5) is 0 Å². The van der Waals surface area contributed by atoms with Gasteiger partial charge < -0.3 is 11.1 Å².